The molecule has 0 aromatic heterocycles. The van der Waals surface area contributed by atoms with E-state index in [4.69, 9.17) is 0 Å². The van der Waals surface area contributed by atoms with E-state index in [1.54, 1.807) is 0 Å². The van der Waals surface area contributed by atoms with Gasteiger partial charge in [-0.25, -0.2) is 0 Å². The van der Waals surface area contributed by atoms with Crippen LogP contribution in [0.5, 0.6) is 0 Å². The maximum Gasteiger partial charge on any atom is 0.226 e. The minimum Gasteiger partial charge on any atom is -0.356 e. The lowest BCUT2D eigenvalue weighted by Gasteiger charge is -2.27. The summed E-state index contributed by atoms with van der Waals surface area (Å²) in [5.74, 6) is 0.991. The van der Waals surface area contributed by atoms with Crippen LogP contribution in [0, 0.1) is 11.8 Å². The molecule has 1 fully saturated rings. The first-order chi connectivity index (χ1) is 11.1. The fraction of sp³-hybridized carbons (Fsp3) is 0.556. The van der Waals surface area contributed by atoms with Crippen molar-refractivity contribution in [1.82, 2.24) is 10.6 Å². The van der Waals surface area contributed by atoms with Gasteiger partial charge in [0.1, 0.15) is 0 Å². The molecule has 5 nitrogen and oxygen atoms in total. The Morgan fingerprint density at radius 1 is 1.17 bits per heavy atom. The van der Waals surface area contributed by atoms with Gasteiger partial charge in [0.05, 0.1) is 0 Å². The number of amides is 2. The summed E-state index contributed by atoms with van der Waals surface area (Å²) in [4.78, 5) is 23.8. The molecule has 126 valence electrons. The Morgan fingerprint density at radius 3 is 2.57 bits per heavy atom. The number of anilines is 1. The molecular weight excluding hydrogens is 290 g/mol. The third-order valence-electron chi connectivity index (χ3n) is 4.43. The summed E-state index contributed by atoms with van der Waals surface area (Å²) < 4.78 is 0. The minimum absolute atomic E-state index is 0.0449. The van der Waals surface area contributed by atoms with E-state index < -0.39 is 0 Å². The van der Waals surface area contributed by atoms with Crippen LogP contribution < -0.4 is 16.0 Å². The molecule has 1 aliphatic heterocycles. The zero-order valence-electron chi connectivity index (χ0n) is 13.8. The SMILES string of the molecule is CC(CC(=O)NCCC(=O)Nc1ccccc1)C1CCNCC1. The molecule has 1 heterocycles. The Hall–Kier alpha value is -1.88. The van der Waals surface area contributed by atoms with Gasteiger partial charge in [0.15, 0.2) is 0 Å². The number of para-hydroxylation sites is 1. The lowest BCUT2D eigenvalue weighted by atomic mass is 9.84. The molecule has 1 unspecified atom stereocenters. The number of piperidine rings is 1. The van der Waals surface area contributed by atoms with Crippen molar-refractivity contribution in [3.63, 3.8) is 0 Å². The smallest absolute Gasteiger partial charge is 0.226 e. The van der Waals surface area contributed by atoms with Gasteiger partial charge in [-0.1, -0.05) is 25.1 Å². The molecule has 5 heteroatoms. The van der Waals surface area contributed by atoms with Gasteiger partial charge in [-0.3, -0.25) is 9.59 Å². The first-order valence-corrected chi connectivity index (χ1v) is 8.47. The highest BCUT2D eigenvalue weighted by molar-refractivity contribution is 5.91. The number of carbonyl (C=O) groups is 2. The second-order valence-corrected chi connectivity index (χ2v) is 6.28. The number of hydrogen-bond acceptors (Lipinski definition) is 3. The highest BCUT2D eigenvalue weighted by Gasteiger charge is 2.21. The summed E-state index contributed by atoms with van der Waals surface area (Å²) in [7, 11) is 0. The van der Waals surface area contributed by atoms with E-state index in [-0.39, 0.29) is 11.8 Å². The van der Waals surface area contributed by atoms with Crippen LogP contribution in [-0.2, 0) is 9.59 Å². The van der Waals surface area contributed by atoms with Crippen molar-refractivity contribution in [2.75, 3.05) is 25.0 Å². The maximum absolute atomic E-state index is 12.0. The highest BCUT2D eigenvalue weighted by Crippen LogP contribution is 2.24. The average Bonchev–Trinajstić information content (AvgIpc) is 2.56. The summed E-state index contributed by atoms with van der Waals surface area (Å²) in [5.41, 5.74) is 0.781. The zero-order valence-corrected chi connectivity index (χ0v) is 13.8. The second kappa shape index (κ2) is 9.30. The first-order valence-electron chi connectivity index (χ1n) is 8.47. The predicted molar refractivity (Wildman–Crippen MR) is 92.1 cm³/mol. The topological polar surface area (TPSA) is 70.2 Å². The standard InChI is InChI=1S/C18H27N3O2/c1-14(15-7-10-19-11-8-15)13-18(23)20-12-9-17(22)21-16-5-3-2-4-6-16/h2-6,14-15,19H,7-13H2,1H3,(H,20,23)(H,21,22). The molecule has 0 bridgehead atoms. The number of carbonyl (C=O) groups excluding carboxylic acids is 2. The van der Waals surface area contributed by atoms with Gasteiger partial charge in [0, 0.05) is 25.1 Å². The van der Waals surface area contributed by atoms with Gasteiger partial charge in [0.2, 0.25) is 11.8 Å². The van der Waals surface area contributed by atoms with E-state index in [1.165, 1.54) is 0 Å². The number of hydrogen-bond donors (Lipinski definition) is 3. The molecule has 1 aliphatic rings. The Morgan fingerprint density at radius 2 is 1.87 bits per heavy atom. The van der Waals surface area contributed by atoms with E-state index >= 15 is 0 Å². The average molecular weight is 317 g/mol. The Balaban J connectivity index is 1.61. The van der Waals surface area contributed by atoms with Crippen molar-refractivity contribution in [2.24, 2.45) is 11.8 Å². The van der Waals surface area contributed by atoms with E-state index in [1.807, 2.05) is 30.3 Å². The van der Waals surface area contributed by atoms with E-state index in [0.29, 0.717) is 31.2 Å². The fourth-order valence-electron chi connectivity index (χ4n) is 3.00. The normalized spacial score (nSPS) is 16.6. The number of benzene rings is 1. The molecule has 23 heavy (non-hydrogen) atoms. The first kappa shape index (κ1) is 17.5. The Labute approximate surface area is 138 Å². The molecule has 3 N–H and O–H groups in total. The Kier molecular flexibility index (Phi) is 7.07. The lowest BCUT2D eigenvalue weighted by molar-refractivity contribution is -0.122. The molecule has 0 radical (unpaired) electrons. The molecule has 1 saturated heterocycles. The van der Waals surface area contributed by atoms with Crippen LogP contribution in [0.2, 0.25) is 0 Å². The summed E-state index contributed by atoms with van der Waals surface area (Å²) in [6, 6.07) is 9.34. The molecule has 0 aliphatic carbocycles. The molecule has 1 aromatic rings. The van der Waals surface area contributed by atoms with Crippen molar-refractivity contribution >= 4 is 17.5 Å². The molecule has 1 aromatic carbocycles. The molecule has 0 saturated carbocycles. The van der Waals surface area contributed by atoms with Crippen molar-refractivity contribution in [2.45, 2.75) is 32.6 Å². The van der Waals surface area contributed by atoms with Crippen LogP contribution in [-0.4, -0.2) is 31.4 Å². The van der Waals surface area contributed by atoms with Crippen molar-refractivity contribution in [3.8, 4) is 0 Å². The Bertz CT molecular complexity index is 498. The molecule has 2 amide bonds. The third kappa shape index (κ3) is 6.40. The quantitative estimate of drug-likeness (QED) is 0.722. The van der Waals surface area contributed by atoms with E-state index in [9.17, 15) is 9.59 Å². The summed E-state index contributed by atoms with van der Waals surface area (Å²) in [5, 5.41) is 9.01. The van der Waals surface area contributed by atoms with Crippen molar-refractivity contribution in [1.29, 1.82) is 0 Å². The van der Waals surface area contributed by atoms with Crippen LogP contribution in [0.25, 0.3) is 0 Å². The van der Waals surface area contributed by atoms with Crippen molar-refractivity contribution in [3.05, 3.63) is 30.3 Å². The van der Waals surface area contributed by atoms with Gasteiger partial charge in [-0.2, -0.15) is 0 Å². The van der Waals surface area contributed by atoms with E-state index in [2.05, 4.69) is 22.9 Å². The fourth-order valence-corrected chi connectivity index (χ4v) is 3.00. The lowest BCUT2D eigenvalue weighted by Crippen LogP contribution is -2.34. The molecular formula is C18H27N3O2. The van der Waals surface area contributed by atoms with Gasteiger partial charge >= 0.3 is 0 Å². The van der Waals surface area contributed by atoms with Crippen LogP contribution in [0.3, 0.4) is 0 Å². The second-order valence-electron chi connectivity index (χ2n) is 6.28. The monoisotopic (exact) mass is 317 g/mol. The predicted octanol–water partition coefficient (Wildman–Crippen LogP) is 2.16. The minimum atomic E-state index is -0.0806. The molecule has 2 rings (SSSR count). The number of nitrogens with one attached hydrogen (secondary N) is 3. The summed E-state index contributed by atoms with van der Waals surface area (Å²) >= 11 is 0. The maximum atomic E-state index is 12.0. The largest absolute Gasteiger partial charge is 0.356 e. The van der Waals surface area contributed by atoms with Gasteiger partial charge in [-0.05, 0) is 49.9 Å². The summed E-state index contributed by atoms with van der Waals surface area (Å²) in [6.45, 7) is 4.64. The third-order valence-corrected chi connectivity index (χ3v) is 4.43. The van der Waals surface area contributed by atoms with Crippen molar-refractivity contribution < 1.29 is 9.59 Å². The number of rotatable bonds is 7. The van der Waals surface area contributed by atoms with Gasteiger partial charge in [0.25, 0.3) is 0 Å². The van der Waals surface area contributed by atoms with E-state index in [0.717, 1.165) is 31.6 Å². The van der Waals surface area contributed by atoms with Gasteiger partial charge < -0.3 is 16.0 Å². The zero-order chi connectivity index (χ0) is 16.5. The summed E-state index contributed by atoms with van der Waals surface area (Å²) in [6.07, 6.45) is 3.13. The van der Waals surface area contributed by atoms with Crippen LogP contribution in [0.1, 0.15) is 32.6 Å². The highest BCUT2D eigenvalue weighted by atomic mass is 16.2. The van der Waals surface area contributed by atoms with Crippen LogP contribution in [0.4, 0.5) is 5.69 Å². The molecule has 1 atom stereocenters. The van der Waals surface area contributed by atoms with Crippen LogP contribution in [0.15, 0.2) is 30.3 Å². The van der Waals surface area contributed by atoms with Crippen LogP contribution >= 0.6 is 0 Å². The van der Waals surface area contributed by atoms with Gasteiger partial charge in [-0.15, -0.1) is 0 Å². The molecule has 0 spiro atoms.